The van der Waals surface area contributed by atoms with E-state index in [0.717, 1.165) is 11.5 Å². The van der Waals surface area contributed by atoms with Crippen molar-refractivity contribution in [2.24, 2.45) is 11.1 Å². The van der Waals surface area contributed by atoms with Crippen molar-refractivity contribution in [3.63, 3.8) is 0 Å². The number of hydrogen-bond donors (Lipinski definition) is 1. The van der Waals surface area contributed by atoms with Crippen LogP contribution in [0.2, 0.25) is 0 Å². The van der Waals surface area contributed by atoms with Crippen LogP contribution in [0.25, 0.3) is 0 Å². The Balaban J connectivity index is 2.66. The van der Waals surface area contributed by atoms with Crippen molar-refractivity contribution in [3.05, 3.63) is 24.3 Å². The lowest BCUT2D eigenvalue weighted by Crippen LogP contribution is -2.30. The van der Waals surface area contributed by atoms with Gasteiger partial charge in [-0.3, -0.25) is 0 Å². The van der Waals surface area contributed by atoms with E-state index in [2.05, 4.69) is 13.8 Å². The molecule has 0 aliphatic rings. The van der Waals surface area contributed by atoms with Gasteiger partial charge in [-0.25, -0.2) is 0 Å². The first-order chi connectivity index (χ1) is 7.59. The van der Waals surface area contributed by atoms with E-state index in [1.54, 1.807) is 0 Å². The number of hydrogen-bond acceptors (Lipinski definition) is 3. The Morgan fingerprint density at radius 3 is 2.19 bits per heavy atom. The minimum absolute atomic E-state index is 0.0146. The van der Waals surface area contributed by atoms with Gasteiger partial charge in [0.15, 0.2) is 11.5 Å². The summed E-state index contributed by atoms with van der Waals surface area (Å²) in [6.07, 6.45) is 0. The van der Waals surface area contributed by atoms with E-state index in [0.29, 0.717) is 19.8 Å². The molecule has 0 bridgehead atoms. The average Bonchev–Trinajstić information content (AvgIpc) is 2.28. The monoisotopic (exact) mass is 223 g/mol. The number of rotatable bonds is 6. The molecule has 0 radical (unpaired) electrons. The molecule has 16 heavy (non-hydrogen) atoms. The Hall–Kier alpha value is -1.22. The summed E-state index contributed by atoms with van der Waals surface area (Å²) >= 11 is 0. The maximum absolute atomic E-state index is 5.74. The summed E-state index contributed by atoms with van der Waals surface area (Å²) < 4.78 is 11.2. The van der Waals surface area contributed by atoms with Crippen LogP contribution in [-0.2, 0) is 0 Å². The lowest BCUT2D eigenvalue weighted by atomic mass is 9.95. The van der Waals surface area contributed by atoms with Crippen molar-refractivity contribution < 1.29 is 9.47 Å². The summed E-state index contributed by atoms with van der Waals surface area (Å²) in [5, 5.41) is 0. The highest BCUT2D eigenvalue weighted by Gasteiger charge is 2.17. The number of para-hydroxylation sites is 2. The predicted molar refractivity (Wildman–Crippen MR) is 65.9 cm³/mol. The lowest BCUT2D eigenvalue weighted by molar-refractivity contribution is 0.179. The molecular formula is C13H21NO2. The third-order valence-electron chi connectivity index (χ3n) is 2.32. The summed E-state index contributed by atoms with van der Waals surface area (Å²) in [5.41, 5.74) is 5.64. The Kier molecular flexibility index (Phi) is 4.62. The minimum atomic E-state index is -0.0146. The van der Waals surface area contributed by atoms with Gasteiger partial charge in [0, 0.05) is 12.0 Å². The third-order valence-corrected chi connectivity index (χ3v) is 2.32. The van der Waals surface area contributed by atoms with Crippen LogP contribution < -0.4 is 15.2 Å². The third kappa shape index (κ3) is 3.74. The molecule has 0 atom stereocenters. The summed E-state index contributed by atoms with van der Waals surface area (Å²) in [6.45, 7) is 7.95. The fraction of sp³-hybridized carbons (Fsp3) is 0.538. The average molecular weight is 223 g/mol. The highest BCUT2D eigenvalue weighted by molar-refractivity contribution is 5.39. The minimum Gasteiger partial charge on any atom is -0.490 e. The molecule has 90 valence electrons. The molecule has 0 aromatic heterocycles. The lowest BCUT2D eigenvalue weighted by Gasteiger charge is -2.23. The molecule has 0 unspecified atom stereocenters. The molecule has 0 saturated carbocycles. The Bertz CT molecular complexity index is 323. The highest BCUT2D eigenvalue weighted by Crippen LogP contribution is 2.28. The first-order valence-corrected chi connectivity index (χ1v) is 5.64. The van der Waals surface area contributed by atoms with Gasteiger partial charge in [-0.2, -0.15) is 0 Å². The number of ether oxygens (including phenoxy) is 2. The quantitative estimate of drug-likeness (QED) is 0.805. The molecule has 3 heteroatoms. The van der Waals surface area contributed by atoms with Crippen molar-refractivity contribution in [3.8, 4) is 11.5 Å². The summed E-state index contributed by atoms with van der Waals surface area (Å²) in [4.78, 5) is 0. The SMILES string of the molecule is CCOc1ccccc1OCC(C)(C)CN. The predicted octanol–water partition coefficient (Wildman–Crippen LogP) is 2.45. The fourth-order valence-corrected chi connectivity index (χ4v) is 1.18. The van der Waals surface area contributed by atoms with Crippen molar-refractivity contribution in [1.82, 2.24) is 0 Å². The van der Waals surface area contributed by atoms with Gasteiger partial charge in [0.05, 0.1) is 13.2 Å². The molecule has 0 aliphatic heterocycles. The Morgan fingerprint density at radius 2 is 1.69 bits per heavy atom. The largest absolute Gasteiger partial charge is 0.490 e. The van der Waals surface area contributed by atoms with Crippen LogP contribution in [0.3, 0.4) is 0 Å². The maximum atomic E-state index is 5.74. The smallest absolute Gasteiger partial charge is 0.161 e. The molecule has 2 N–H and O–H groups in total. The van der Waals surface area contributed by atoms with E-state index in [9.17, 15) is 0 Å². The molecule has 1 aromatic rings. The van der Waals surface area contributed by atoms with Gasteiger partial charge in [0.25, 0.3) is 0 Å². The van der Waals surface area contributed by atoms with Gasteiger partial charge in [-0.15, -0.1) is 0 Å². The van der Waals surface area contributed by atoms with E-state index in [4.69, 9.17) is 15.2 Å². The number of nitrogens with two attached hydrogens (primary N) is 1. The zero-order valence-electron chi connectivity index (χ0n) is 10.3. The van der Waals surface area contributed by atoms with Crippen molar-refractivity contribution in [2.75, 3.05) is 19.8 Å². The summed E-state index contributed by atoms with van der Waals surface area (Å²) in [6, 6.07) is 7.70. The molecule has 1 aromatic carbocycles. The van der Waals surface area contributed by atoms with Crippen LogP contribution in [0.4, 0.5) is 0 Å². The van der Waals surface area contributed by atoms with E-state index < -0.39 is 0 Å². The van der Waals surface area contributed by atoms with Gasteiger partial charge in [0.1, 0.15) is 0 Å². The molecule has 1 rings (SSSR count). The summed E-state index contributed by atoms with van der Waals surface area (Å²) in [5.74, 6) is 1.57. The van der Waals surface area contributed by atoms with Crippen LogP contribution in [-0.4, -0.2) is 19.8 Å². The van der Waals surface area contributed by atoms with Crippen LogP contribution >= 0.6 is 0 Å². The van der Waals surface area contributed by atoms with E-state index in [-0.39, 0.29) is 5.41 Å². The second-order valence-electron chi connectivity index (χ2n) is 4.54. The van der Waals surface area contributed by atoms with Gasteiger partial charge in [-0.1, -0.05) is 26.0 Å². The summed E-state index contributed by atoms with van der Waals surface area (Å²) in [7, 11) is 0. The van der Waals surface area contributed by atoms with Gasteiger partial charge in [-0.05, 0) is 19.1 Å². The first-order valence-electron chi connectivity index (χ1n) is 5.64. The molecule has 0 saturated heterocycles. The zero-order valence-corrected chi connectivity index (χ0v) is 10.3. The standard InChI is InChI=1S/C13H21NO2/c1-4-15-11-7-5-6-8-12(11)16-10-13(2,3)9-14/h5-8H,4,9-10,14H2,1-3H3. The maximum Gasteiger partial charge on any atom is 0.161 e. The van der Waals surface area contributed by atoms with E-state index >= 15 is 0 Å². The molecule has 0 amide bonds. The van der Waals surface area contributed by atoms with Crippen LogP contribution in [0, 0.1) is 5.41 Å². The van der Waals surface area contributed by atoms with Crippen molar-refractivity contribution in [2.45, 2.75) is 20.8 Å². The van der Waals surface area contributed by atoms with E-state index in [1.807, 2.05) is 31.2 Å². The van der Waals surface area contributed by atoms with Crippen LogP contribution in [0.15, 0.2) is 24.3 Å². The van der Waals surface area contributed by atoms with Crippen LogP contribution in [0.5, 0.6) is 11.5 Å². The molecule has 0 spiro atoms. The van der Waals surface area contributed by atoms with Gasteiger partial charge < -0.3 is 15.2 Å². The second kappa shape index (κ2) is 5.75. The zero-order chi connectivity index (χ0) is 12.0. The van der Waals surface area contributed by atoms with E-state index in [1.165, 1.54) is 0 Å². The molecule has 0 fully saturated rings. The normalized spacial score (nSPS) is 11.2. The van der Waals surface area contributed by atoms with Gasteiger partial charge in [0.2, 0.25) is 0 Å². The van der Waals surface area contributed by atoms with Crippen LogP contribution in [0.1, 0.15) is 20.8 Å². The second-order valence-corrected chi connectivity index (χ2v) is 4.54. The van der Waals surface area contributed by atoms with Gasteiger partial charge >= 0.3 is 0 Å². The number of benzene rings is 1. The fourth-order valence-electron chi connectivity index (χ4n) is 1.18. The van der Waals surface area contributed by atoms with Crippen molar-refractivity contribution in [1.29, 1.82) is 0 Å². The molecule has 0 heterocycles. The Labute approximate surface area is 97.6 Å². The highest BCUT2D eigenvalue weighted by atomic mass is 16.5. The Morgan fingerprint density at radius 1 is 1.12 bits per heavy atom. The molecule has 3 nitrogen and oxygen atoms in total. The molecule has 0 aliphatic carbocycles. The topological polar surface area (TPSA) is 44.5 Å². The molecular weight excluding hydrogens is 202 g/mol. The first kappa shape index (κ1) is 12.8. The van der Waals surface area contributed by atoms with Crippen molar-refractivity contribution >= 4 is 0 Å².